The van der Waals surface area contributed by atoms with Gasteiger partial charge in [-0.15, -0.1) is 0 Å². The number of nitrogens with zero attached hydrogens (tertiary/aromatic N) is 1. The SMILES string of the molecule is O=C(COc1ccccc1)N(CCBr)C1CCCCC1. The van der Waals surface area contributed by atoms with E-state index in [9.17, 15) is 4.79 Å². The van der Waals surface area contributed by atoms with Crippen molar-refractivity contribution in [1.29, 1.82) is 0 Å². The van der Waals surface area contributed by atoms with Gasteiger partial charge in [0.1, 0.15) is 5.75 Å². The van der Waals surface area contributed by atoms with Crippen molar-refractivity contribution >= 4 is 21.8 Å². The van der Waals surface area contributed by atoms with Gasteiger partial charge in [0.15, 0.2) is 6.61 Å². The normalized spacial score (nSPS) is 15.8. The van der Waals surface area contributed by atoms with Crippen molar-refractivity contribution in [2.75, 3.05) is 18.5 Å². The molecule has 0 heterocycles. The average Bonchev–Trinajstić information content (AvgIpc) is 2.52. The lowest BCUT2D eigenvalue weighted by Crippen LogP contribution is -2.44. The van der Waals surface area contributed by atoms with Crippen LogP contribution in [0.1, 0.15) is 32.1 Å². The largest absolute Gasteiger partial charge is 0.484 e. The molecule has 110 valence electrons. The fourth-order valence-electron chi connectivity index (χ4n) is 2.74. The molecule has 0 spiro atoms. The molecule has 1 aromatic carbocycles. The molecule has 0 radical (unpaired) electrons. The maximum absolute atomic E-state index is 12.4. The number of para-hydroxylation sites is 1. The molecule has 1 amide bonds. The molecule has 0 atom stereocenters. The zero-order valence-corrected chi connectivity index (χ0v) is 13.3. The first kappa shape index (κ1) is 15.4. The summed E-state index contributed by atoms with van der Waals surface area (Å²) in [7, 11) is 0. The van der Waals surface area contributed by atoms with Gasteiger partial charge in [-0.1, -0.05) is 53.4 Å². The quantitative estimate of drug-likeness (QED) is 0.740. The number of hydrogen-bond acceptors (Lipinski definition) is 2. The summed E-state index contributed by atoms with van der Waals surface area (Å²) in [6.45, 7) is 0.898. The Kier molecular flexibility index (Phi) is 6.37. The minimum absolute atomic E-state index is 0.0974. The van der Waals surface area contributed by atoms with E-state index < -0.39 is 0 Å². The highest BCUT2D eigenvalue weighted by atomic mass is 79.9. The van der Waals surface area contributed by atoms with Crippen molar-refractivity contribution in [2.45, 2.75) is 38.1 Å². The van der Waals surface area contributed by atoms with E-state index >= 15 is 0 Å². The molecule has 0 aromatic heterocycles. The van der Waals surface area contributed by atoms with Gasteiger partial charge in [0.05, 0.1) is 0 Å². The van der Waals surface area contributed by atoms with Crippen molar-refractivity contribution in [2.24, 2.45) is 0 Å². The molecule has 1 saturated carbocycles. The van der Waals surface area contributed by atoms with Gasteiger partial charge in [-0.05, 0) is 25.0 Å². The van der Waals surface area contributed by atoms with Crippen LogP contribution in [0.2, 0.25) is 0 Å². The van der Waals surface area contributed by atoms with Crippen LogP contribution >= 0.6 is 15.9 Å². The molecule has 20 heavy (non-hydrogen) atoms. The maximum Gasteiger partial charge on any atom is 0.260 e. The van der Waals surface area contributed by atoms with Crippen LogP contribution in [0.25, 0.3) is 0 Å². The van der Waals surface area contributed by atoms with E-state index in [0.29, 0.717) is 6.04 Å². The van der Waals surface area contributed by atoms with Crippen LogP contribution < -0.4 is 4.74 Å². The summed E-state index contributed by atoms with van der Waals surface area (Å²) < 4.78 is 5.58. The van der Waals surface area contributed by atoms with Crippen molar-refractivity contribution in [3.8, 4) is 5.75 Å². The molecular weight excluding hydrogens is 318 g/mol. The van der Waals surface area contributed by atoms with Gasteiger partial charge in [-0.25, -0.2) is 0 Å². The topological polar surface area (TPSA) is 29.5 Å². The summed E-state index contributed by atoms with van der Waals surface area (Å²) in [6.07, 6.45) is 6.02. The lowest BCUT2D eigenvalue weighted by Gasteiger charge is -2.34. The van der Waals surface area contributed by atoms with Gasteiger partial charge in [-0.2, -0.15) is 0 Å². The number of carbonyl (C=O) groups is 1. The Balaban J connectivity index is 1.89. The molecule has 1 fully saturated rings. The summed E-state index contributed by atoms with van der Waals surface area (Å²) in [5.41, 5.74) is 0. The van der Waals surface area contributed by atoms with Crippen molar-refractivity contribution in [1.82, 2.24) is 4.90 Å². The molecule has 0 aliphatic heterocycles. The van der Waals surface area contributed by atoms with Crippen LogP contribution in [-0.4, -0.2) is 35.3 Å². The fraction of sp³-hybridized carbons (Fsp3) is 0.562. The van der Waals surface area contributed by atoms with E-state index in [1.54, 1.807) is 0 Å². The highest BCUT2D eigenvalue weighted by Crippen LogP contribution is 2.23. The number of carbonyl (C=O) groups excluding carboxylic acids is 1. The predicted octanol–water partition coefficient (Wildman–Crippen LogP) is 3.62. The molecule has 0 unspecified atom stereocenters. The Morgan fingerprint density at radius 2 is 1.90 bits per heavy atom. The molecule has 4 heteroatoms. The number of benzene rings is 1. The molecule has 0 N–H and O–H groups in total. The Morgan fingerprint density at radius 1 is 1.20 bits per heavy atom. The van der Waals surface area contributed by atoms with Gasteiger partial charge in [0.25, 0.3) is 5.91 Å². The van der Waals surface area contributed by atoms with E-state index in [-0.39, 0.29) is 12.5 Å². The highest BCUT2D eigenvalue weighted by Gasteiger charge is 2.24. The van der Waals surface area contributed by atoms with Crippen LogP contribution in [0.3, 0.4) is 0 Å². The third-order valence-electron chi connectivity index (χ3n) is 3.77. The fourth-order valence-corrected chi connectivity index (χ4v) is 3.12. The lowest BCUT2D eigenvalue weighted by molar-refractivity contribution is -0.136. The van der Waals surface area contributed by atoms with Crippen molar-refractivity contribution in [3.63, 3.8) is 0 Å². The first-order valence-corrected chi connectivity index (χ1v) is 8.46. The Bertz CT molecular complexity index is 404. The zero-order chi connectivity index (χ0) is 14.2. The van der Waals surface area contributed by atoms with E-state index in [1.807, 2.05) is 35.2 Å². The second kappa shape index (κ2) is 8.30. The van der Waals surface area contributed by atoms with Crippen LogP contribution in [-0.2, 0) is 4.79 Å². The smallest absolute Gasteiger partial charge is 0.260 e. The molecule has 1 aliphatic carbocycles. The van der Waals surface area contributed by atoms with Gasteiger partial charge < -0.3 is 9.64 Å². The van der Waals surface area contributed by atoms with Gasteiger partial charge in [0.2, 0.25) is 0 Å². The minimum Gasteiger partial charge on any atom is -0.484 e. The number of alkyl halides is 1. The van der Waals surface area contributed by atoms with Gasteiger partial charge in [-0.3, -0.25) is 4.79 Å². The summed E-state index contributed by atoms with van der Waals surface area (Å²) in [6, 6.07) is 9.92. The predicted molar refractivity (Wildman–Crippen MR) is 84.3 cm³/mol. The van der Waals surface area contributed by atoms with Crippen molar-refractivity contribution < 1.29 is 9.53 Å². The first-order valence-electron chi connectivity index (χ1n) is 7.34. The van der Waals surface area contributed by atoms with Crippen molar-refractivity contribution in [3.05, 3.63) is 30.3 Å². The first-order chi connectivity index (χ1) is 9.81. The molecule has 3 nitrogen and oxygen atoms in total. The third kappa shape index (κ3) is 4.51. The summed E-state index contributed by atoms with van der Waals surface area (Å²) in [5.74, 6) is 0.850. The maximum atomic E-state index is 12.4. The second-order valence-electron chi connectivity index (χ2n) is 5.17. The summed E-state index contributed by atoms with van der Waals surface area (Å²) in [4.78, 5) is 14.4. The van der Waals surface area contributed by atoms with Crippen LogP contribution in [0.15, 0.2) is 30.3 Å². The molecule has 1 aromatic rings. The number of rotatable bonds is 6. The van der Waals surface area contributed by atoms with Gasteiger partial charge in [0, 0.05) is 17.9 Å². The molecular formula is C16H22BrNO2. The van der Waals surface area contributed by atoms with Crippen LogP contribution in [0.5, 0.6) is 5.75 Å². The Hall–Kier alpha value is -1.03. The molecule has 0 bridgehead atoms. The van der Waals surface area contributed by atoms with E-state index in [2.05, 4.69) is 15.9 Å². The van der Waals surface area contributed by atoms with Gasteiger partial charge >= 0.3 is 0 Å². The monoisotopic (exact) mass is 339 g/mol. The third-order valence-corrected chi connectivity index (χ3v) is 4.12. The minimum atomic E-state index is 0.0974. The van der Waals surface area contributed by atoms with E-state index in [4.69, 9.17) is 4.74 Å². The zero-order valence-electron chi connectivity index (χ0n) is 11.8. The van der Waals surface area contributed by atoms with E-state index in [1.165, 1.54) is 19.3 Å². The summed E-state index contributed by atoms with van der Waals surface area (Å²) in [5, 5.41) is 0.820. The summed E-state index contributed by atoms with van der Waals surface area (Å²) >= 11 is 3.45. The van der Waals surface area contributed by atoms with Crippen LogP contribution in [0, 0.1) is 0 Å². The average molecular weight is 340 g/mol. The molecule has 0 saturated heterocycles. The second-order valence-corrected chi connectivity index (χ2v) is 5.96. The van der Waals surface area contributed by atoms with E-state index in [0.717, 1.165) is 30.5 Å². The highest BCUT2D eigenvalue weighted by molar-refractivity contribution is 9.09. The van der Waals surface area contributed by atoms with Crippen LogP contribution in [0.4, 0.5) is 0 Å². The standard InChI is InChI=1S/C16H22BrNO2/c17-11-12-18(14-7-3-1-4-8-14)16(19)13-20-15-9-5-2-6-10-15/h2,5-6,9-10,14H,1,3-4,7-8,11-13H2. The number of ether oxygens (including phenoxy) is 1. The molecule has 2 rings (SSSR count). The Morgan fingerprint density at radius 3 is 2.55 bits per heavy atom. The number of hydrogen-bond donors (Lipinski definition) is 0. The lowest BCUT2D eigenvalue weighted by atomic mass is 9.94. The Labute approximate surface area is 129 Å². The number of halogens is 1. The number of amides is 1. The molecule has 1 aliphatic rings.